The van der Waals surface area contributed by atoms with Crippen molar-refractivity contribution in [3.63, 3.8) is 0 Å². The molecule has 1 saturated heterocycles. The highest BCUT2D eigenvalue weighted by Crippen LogP contribution is 2.38. The Balaban J connectivity index is 1.63. The van der Waals surface area contributed by atoms with Gasteiger partial charge in [0.1, 0.15) is 0 Å². The summed E-state index contributed by atoms with van der Waals surface area (Å²) in [4.78, 5) is 29.8. The molecule has 0 atom stereocenters. The van der Waals surface area contributed by atoms with Crippen molar-refractivity contribution in [1.82, 2.24) is 9.80 Å². The number of carbonyl (C=O) groups excluding carboxylic acids is 2. The monoisotopic (exact) mass is 530 g/mol. The SMILES string of the molecule is CCCCCOc1cc(C(=O)N2CCN(CC(=O)c3ccc(Cl)cc3)CC2)cc(OCCCCC)c1O. The summed E-state index contributed by atoms with van der Waals surface area (Å²) < 4.78 is 11.7. The first-order valence-corrected chi connectivity index (χ1v) is 13.7. The summed E-state index contributed by atoms with van der Waals surface area (Å²) in [6.45, 7) is 7.68. The number of benzene rings is 2. The van der Waals surface area contributed by atoms with E-state index in [0.29, 0.717) is 62.1 Å². The zero-order valence-electron chi connectivity index (χ0n) is 22.0. The van der Waals surface area contributed by atoms with E-state index >= 15 is 0 Å². The number of aromatic hydroxyl groups is 1. The number of phenolic OH excluding ortho intramolecular Hbond substituents is 1. The highest BCUT2D eigenvalue weighted by atomic mass is 35.5. The maximum atomic E-state index is 13.4. The molecule has 0 unspecified atom stereocenters. The molecule has 1 heterocycles. The molecule has 8 heteroatoms. The molecule has 1 aliphatic heterocycles. The number of Topliss-reactive ketones (excluding diaryl/α,β-unsaturated/α-hetero) is 1. The zero-order valence-corrected chi connectivity index (χ0v) is 22.8. The first-order valence-electron chi connectivity index (χ1n) is 13.4. The third kappa shape index (κ3) is 8.64. The molecule has 0 spiro atoms. The van der Waals surface area contributed by atoms with Crippen LogP contribution in [0.15, 0.2) is 36.4 Å². The lowest BCUT2D eigenvalue weighted by molar-refractivity contribution is 0.0623. The lowest BCUT2D eigenvalue weighted by Crippen LogP contribution is -2.49. The normalized spacial score (nSPS) is 14.0. The minimum absolute atomic E-state index is 0.0321. The quantitative estimate of drug-likeness (QED) is 0.245. The smallest absolute Gasteiger partial charge is 0.254 e. The fourth-order valence-electron chi connectivity index (χ4n) is 4.22. The van der Waals surface area contributed by atoms with Gasteiger partial charge >= 0.3 is 0 Å². The molecule has 0 saturated carbocycles. The van der Waals surface area contributed by atoms with Gasteiger partial charge in [0.2, 0.25) is 5.75 Å². The van der Waals surface area contributed by atoms with Gasteiger partial charge in [-0.15, -0.1) is 0 Å². The molecule has 1 amide bonds. The number of unbranched alkanes of at least 4 members (excludes halogenated alkanes) is 4. The average Bonchev–Trinajstić information content (AvgIpc) is 2.91. The Bertz CT molecular complexity index is 986. The van der Waals surface area contributed by atoms with E-state index < -0.39 is 0 Å². The molecule has 202 valence electrons. The zero-order chi connectivity index (χ0) is 26.6. The molecule has 1 fully saturated rings. The van der Waals surface area contributed by atoms with Gasteiger partial charge in [-0.2, -0.15) is 0 Å². The number of hydrogen-bond donors (Lipinski definition) is 1. The lowest BCUT2D eigenvalue weighted by Gasteiger charge is -2.34. The van der Waals surface area contributed by atoms with Gasteiger partial charge in [0.15, 0.2) is 17.3 Å². The third-order valence-corrected chi connectivity index (χ3v) is 6.74. The van der Waals surface area contributed by atoms with Crippen LogP contribution in [0.4, 0.5) is 0 Å². The highest BCUT2D eigenvalue weighted by molar-refractivity contribution is 6.30. The topological polar surface area (TPSA) is 79.3 Å². The van der Waals surface area contributed by atoms with Crippen LogP contribution in [0, 0.1) is 0 Å². The van der Waals surface area contributed by atoms with Crippen molar-refractivity contribution in [1.29, 1.82) is 0 Å². The molecular formula is C29H39ClN2O5. The predicted octanol–water partition coefficient (Wildman–Crippen LogP) is 5.82. The lowest BCUT2D eigenvalue weighted by atomic mass is 10.1. The second kappa shape index (κ2) is 14.8. The molecule has 1 aliphatic rings. The predicted molar refractivity (Wildman–Crippen MR) is 146 cm³/mol. The van der Waals surface area contributed by atoms with Crippen molar-refractivity contribution in [3.8, 4) is 17.2 Å². The summed E-state index contributed by atoms with van der Waals surface area (Å²) in [5.41, 5.74) is 1.06. The molecule has 3 rings (SSSR count). The van der Waals surface area contributed by atoms with Crippen LogP contribution in [0.25, 0.3) is 0 Å². The molecule has 2 aromatic rings. The van der Waals surface area contributed by atoms with Crippen molar-refractivity contribution in [2.45, 2.75) is 52.4 Å². The Morgan fingerprint density at radius 3 is 1.89 bits per heavy atom. The van der Waals surface area contributed by atoms with Gasteiger partial charge in [0, 0.05) is 42.3 Å². The van der Waals surface area contributed by atoms with Crippen LogP contribution in [-0.2, 0) is 0 Å². The molecule has 0 aromatic heterocycles. The maximum Gasteiger partial charge on any atom is 0.254 e. The van der Waals surface area contributed by atoms with Gasteiger partial charge in [-0.25, -0.2) is 0 Å². The third-order valence-electron chi connectivity index (χ3n) is 6.49. The Hall–Kier alpha value is -2.77. The first kappa shape index (κ1) is 28.8. The maximum absolute atomic E-state index is 13.4. The summed E-state index contributed by atoms with van der Waals surface area (Å²) in [6.07, 6.45) is 5.94. The van der Waals surface area contributed by atoms with E-state index in [1.165, 1.54) is 0 Å². The molecule has 0 aliphatic carbocycles. The standard InChI is InChI=1S/C29H39ClN2O5/c1-3-5-7-17-36-26-19-23(20-27(28(26)34)37-18-8-6-4-2)29(35)32-15-13-31(14-16-32)21-25(33)22-9-11-24(30)12-10-22/h9-12,19-20,34H,3-8,13-18,21H2,1-2H3. The van der Waals surface area contributed by atoms with Crippen molar-refractivity contribution >= 4 is 23.3 Å². The highest BCUT2D eigenvalue weighted by Gasteiger charge is 2.26. The Labute approximate surface area is 225 Å². The average molecular weight is 531 g/mol. The van der Waals surface area contributed by atoms with Gasteiger partial charge < -0.3 is 19.5 Å². The molecule has 37 heavy (non-hydrogen) atoms. The summed E-state index contributed by atoms with van der Waals surface area (Å²) >= 11 is 5.92. The molecule has 0 radical (unpaired) electrons. The van der Waals surface area contributed by atoms with E-state index in [1.54, 1.807) is 41.3 Å². The number of piperazine rings is 1. The van der Waals surface area contributed by atoms with Crippen LogP contribution in [-0.4, -0.2) is 72.5 Å². The van der Waals surface area contributed by atoms with Crippen molar-refractivity contribution in [2.24, 2.45) is 0 Å². The summed E-state index contributed by atoms with van der Waals surface area (Å²) in [7, 11) is 0. The minimum Gasteiger partial charge on any atom is -0.502 e. The van der Waals surface area contributed by atoms with E-state index in [1.807, 2.05) is 0 Å². The fourth-order valence-corrected chi connectivity index (χ4v) is 4.34. The van der Waals surface area contributed by atoms with Crippen molar-refractivity contribution in [3.05, 3.63) is 52.5 Å². The van der Waals surface area contributed by atoms with Gasteiger partial charge in [0.05, 0.1) is 19.8 Å². The number of ketones is 1. The van der Waals surface area contributed by atoms with Crippen LogP contribution in [0.2, 0.25) is 5.02 Å². The number of hydrogen-bond acceptors (Lipinski definition) is 6. The van der Waals surface area contributed by atoms with Crippen LogP contribution in [0.1, 0.15) is 73.1 Å². The Kier molecular flexibility index (Phi) is 11.5. The number of ether oxygens (including phenoxy) is 2. The number of phenols is 1. The fraction of sp³-hybridized carbons (Fsp3) is 0.517. The van der Waals surface area contributed by atoms with Gasteiger partial charge in [-0.05, 0) is 49.2 Å². The van der Waals surface area contributed by atoms with Crippen LogP contribution in [0.5, 0.6) is 17.2 Å². The summed E-state index contributed by atoms with van der Waals surface area (Å²) in [5, 5.41) is 11.3. The number of halogens is 1. The molecule has 2 aromatic carbocycles. The molecular weight excluding hydrogens is 492 g/mol. The number of amides is 1. The van der Waals surface area contributed by atoms with Crippen LogP contribution < -0.4 is 9.47 Å². The van der Waals surface area contributed by atoms with Gasteiger partial charge in [-0.1, -0.05) is 51.1 Å². The summed E-state index contributed by atoms with van der Waals surface area (Å²) in [5.74, 6) is 0.388. The van der Waals surface area contributed by atoms with E-state index in [2.05, 4.69) is 18.7 Å². The number of carbonyl (C=O) groups is 2. The Morgan fingerprint density at radius 1 is 0.838 bits per heavy atom. The molecule has 7 nitrogen and oxygen atoms in total. The van der Waals surface area contributed by atoms with Crippen molar-refractivity contribution < 1.29 is 24.2 Å². The van der Waals surface area contributed by atoms with Crippen LogP contribution >= 0.6 is 11.6 Å². The molecule has 1 N–H and O–H groups in total. The van der Waals surface area contributed by atoms with Crippen molar-refractivity contribution in [2.75, 3.05) is 45.9 Å². The number of nitrogens with zero attached hydrogens (tertiary/aromatic N) is 2. The largest absolute Gasteiger partial charge is 0.502 e. The van der Waals surface area contributed by atoms with E-state index in [9.17, 15) is 14.7 Å². The minimum atomic E-state index is -0.138. The van der Waals surface area contributed by atoms with Gasteiger partial charge in [-0.3, -0.25) is 14.5 Å². The second-order valence-corrected chi connectivity index (χ2v) is 9.87. The Morgan fingerprint density at radius 2 is 1.38 bits per heavy atom. The second-order valence-electron chi connectivity index (χ2n) is 9.43. The van der Waals surface area contributed by atoms with E-state index in [4.69, 9.17) is 21.1 Å². The van der Waals surface area contributed by atoms with E-state index in [-0.39, 0.29) is 28.9 Å². The van der Waals surface area contributed by atoms with E-state index in [0.717, 1.165) is 38.5 Å². The first-order chi connectivity index (χ1) is 17.9. The van der Waals surface area contributed by atoms with Crippen LogP contribution in [0.3, 0.4) is 0 Å². The summed E-state index contributed by atoms with van der Waals surface area (Å²) in [6, 6.07) is 10.1. The van der Waals surface area contributed by atoms with Gasteiger partial charge in [0.25, 0.3) is 5.91 Å². The molecule has 0 bridgehead atoms. The number of rotatable bonds is 14.